The van der Waals surface area contributed by atoms with Crippen LogP contribution in [0.3, 0.4) is 0 Å². The Morgan fingerprint density at radius 3 is 2.35 bits per heavy atom. The number of Topliss-reactive ketones (excluding diaryl/α,β-unsaturated/α-hetero) is 1. The average molecular weight is 292 g/mol. The van der Waals surface area contributed by atoms with Crippen molar-refractivity contribution in [1.29, 1.82) is 0 Å². The molecule has 2 aromatic carbocycles. The summed E-state index contributed by atoms with van der Waals surface area (Å²) in [7, 11) is 0. The highest BCUT2D eigenvalue weighted by molar-refractivity contribution is 6.30. The summed E-state index contributed by atoms with van der Waals surface area (Å²) < 4.78 is 13.0. The molecule has 0 aromatic heterocycles. The molecule has 0 spiro atoms. The van der Waals surface area contributed by atoms with Crippen LogP contribution >= 0.6 is 11.6 Å². The maximum atomic E-state index is 13.0. The van der Waals surface area contributed by atoms with Crippen LogP contribution in [-0.2, 0) is 12.8 Å². The lowest BCUT2D eigenvalue weighted by atomic mass is 10.0. The normalized spacial score (nSPS) is 10.6. The van der Waals surface area contributed by atoms with Crippen LogP contribution in [0.1, 0.15) is 21.5 Å². The highest BCUT2D eigenvalue weighted by Crippen LogP contribution is 2.17. The molecule has 2 aromatic rings. The molecule has 2 N–H and O–H groups in total. The van der Waals surface area contributed by atoms with Crippen molar-refractivity contribution in [2.75, 3.05) is 6.54 Å². The molecule has 0 unspecified atom stereocenters. The molecular formula is C16H15ClFNO. The number of ketones is 1. The number of rotatable bonds is 5. The lowest BCUT2D eigenvalue weighted by Crippen LogP contribution is -2.05. The Balaban J connectivity index is 2.09. The van der Waals surface area contributed by atoms with E-state index in [9.17, 15) is 9.18 Å². The molecule has 0 amide bonds. The predicted octanol–water partition coefficient (Wildman–Crippen LogP) is 3.41. The summed E-state index contributed by atoms with van der Waals surface area (Å²) in [6.45, 7) is 0.585. The lowest BCUT2D eigenvalue weighted by molar-refractivity contribution is 0.0993. The molecule has 0 saturated carbocycles. The lowest BCUT2D eigenvalue weighted by Gasteiger charge is -2.04. The van der Waals surface area contributed by atoms with Crippen molar-refractivity contribution >= 4 is 17.4 Å². The van der Waals surface area contributed by atoms with Crippen LogP contribution in [-0.4, -0.2) is 12.3 Å². The zero-order valence-corrected chi connectivity index (χ0v) is 11.7. The van der Waals surface area contributed by atoms with Crippen molar-refractivity contribution in [3.63, 3.8) is 0 Å². The zero-order chi connectivity index (χ0) is 14.5. The zero-order valence-electron chi connectivity index (χ0n) is 10.9. The van der Waals surface area contributed by atoms with Crippen molar-refractivity contribution in [1.82, 2.24) is 0 Å². The number of hydrogen-bond donors (Lipinski definition) is 1. The largest absolute Gasteiger partial charge is 0.330 e. The predicted molar refractivity (Wildman–Crippen MR) is 78.6 cm³/mol. The van der Waals surface area contributed by atoms with Gasteiger partial charge in [0, 0.05) is 12.0 Å². The minimum atomic E-state index is -0.478. The molecule has 0 bridgehead atoms. The second kappa shape index (κ2) is 6.64. The van der Waals surface area contributed by atoms with Crippen LogP contribution < -0.4 is 5.73 Å². The molecule has 0 radical (unpaired) electrons. The maximum Gasteiger partial charge on any atom is 0.167 e. The minimum absolute atomic E-state index is 0.0213. The smallest absolute Gasteiger partial charge is 0.167 e. The molecule has 0 heterocycles. The Morgan fingerprint density at radius 1 is 1.10 bits per heavy atom. The molecule has 0 fully saturated rings. The number of carbonyl (C=O) groups excluding carboxylic acids is 1. The summed E-state index contributed by atoms with van der Waals surface area (Å²) in [5.41, 5.74) is 7.91. The Hall–Kier alpha value is -1.71. The summed E-state index contributed by atoms with van der Waals surface area (Å²) >= 11 is 5.70. The molecule has 0 aliphatic heterocycles. The topological polar surface area (TPSA) is 43.1 Å². The van der Waals surface area contributed by atoms with E-state index in [0.29, 0.717) is 17.7 Å². The molecule has 0 atom stereocenters. The molecule has 0 aliphatic carbocycles. The Kier molecular flexibility index (Phi) is 4.88. The standard InChI is InChI=1S/C16H15ClFNO/c17-14-9-12(3-6-15(14)18)10-16(20)13-4-1-11(2-5-13)7-8-19/h1-6,9H,7-8,10,19H2. The fraction of sp³-hybridized carbons (Fsp3) is 0.188. The number of nitrogens with two attached hydrogens (primary N) is 1. The van der Waals surface area contributed by atoms with Crippen LogP contribution in [0.2, 0.25) is 5.02 Å². The SMILES string of the molecule is NCCc1ccc(C(=O)Cc2ccc(F)c(Cl)c2)cc1. The molecule has 0 aliphatic rings. The number of hydrogen-bond acceptors (Lipinski definition) is 2. The van der Waals surface area contributed by atoms with Crippen molar-refractivity contribution in [2.45, 2.75) is 12.8 Å². The van der Waals surface area contributed by atoms with E-state index in [4.69, 9.17) is 17.3 Å². The summed E-state index contributed by atoms with van der Waals surface area (Å²) in [4.78, 5) is 12.1. The maximum absolute atomic E-state index is 13.0. The van der Waals surface area contributed by atoms with Gasteiger partial charge in [0.05, 0.1) is 5.02 Å². The fourth-order valence-corrected chi connectivity index (χ4v) is 2.16. The molecular weight excluding hydrogens is 277 g/mol. The van der Waals surface area contributed by atoms with E-state index in [-0.39, 0.29) is 17.2 Å². The van der Waals surface area contributed by atoms with E-state index in [1.807, 2.05) is 12.1 Å². The minimum Gasteiger partial charge on any atom is -0.330 e. The molecule has 20 heavy (non-hydrogen) atoms. The van der Waals surface area contributed by atoms with Gasteiger partial charge in [0.25, 0.3) is 0 Å². The third-order valence-corrected chi connectivity index (χ3v) is 3.35. The molecule has 2 rings (SSSR count). The first-order valence-electron chi connectivity index (χ1n) is 6.36. The van der Waals surface area contributed by atoms with Gasteiger partial charge in [0.2, 0.25) is 0 Å². The van der Waals surface area contributed by atoms with Crippen molar-refractivity contribution < 1.29 is 9.18 Å². The van der Waals surface area contributed by atoms with Gasteiger partial charge in [0.1, 0.15) is 5.82 Å². The van der Waals surface area contributed by atoms with Crippen LogP contribution in [0.4, 0.5) is 4.39 Å². The van der Waals surface area contributed by atoms with E-state index in [1.54, 1.807) is 18.2 Å². The van der Waals surface area contributed by atoms with Gasteiger partial charge in [-0.15, -0.1) is 0 Å². The van der Waals surface area contributed by atoms with Crippen molar-refractivity contribution in [2.24, 2.45) is 5.73 Å². The summed E-state index contributed by atoms with van der Waals surface area (Å²) in [6, 6.07) is 11.7. The Bertz CT molecular complexity index is 610. The van der Waals surface area contributed by atoms with Gasteiger partial charge < -0.3 is 5.73 Å². The van der Waals surface area contributed by atoms with E-state index in [1.165, 1.54) is 12.1 Å². The third kappa shape index (κ3) is 3.65. The van der Waals surface area contributed by atoms with Crippen LogP contribution in [0.25, 0.3) is 0 Å². The van der Waals surface area contributed by atoms with Gasteiger partial charge in [-0.05, 0) is 36.2 Å². The van der Waals surface area contributed by atoms with Gasteiger partial charge in [0.15, 0.2) is 5.78 Å². The highest BCUT2D eigenvalue weighted by atomic mass is 35.5. The molecule has 104 valence electrons. The van der Waals surface area contributed by atoms with E-state index >= 15 is 0 Å². The van der Waals surface area contributed by atoms with Crippen LogP contribution in [0, 0.1) is 5.82 Å². The van der Waals surface area contributed by atoms with E-state index < -0.39 is 5.82 Å². The quantitative estimate of drug-likeness (QED) is 0.858. The summed E-state index contributed by atoms with van der Waals surface area (Å²) in [6.07, 6.45) is 0.998. The van der Waals surface area contributed by atoms with Gasteiger partial charge in [-0.25, -0.2) is 4.39 Å². The van der Waals surface area contributed by atoms with Crippen LogP contribution in [0.15, 0.2) is 42.5 Å². The van der Waals surface area contributed by atoms with Crippen molar-refractivity contribution in [3.8, 4) is 0 Å². The second-order valence-corrected chi connectivity index (χ2v) is 4.99. The van der Waals surface area contributed by atoms with Crippen LogP contribution in [0.5, 0.6) is 0 Å². The molecule has 4 heteroatoms. The third-order valence-electron chi connectivity index (χ3n) is 3.06. The summed E-state index contributed by atoms with van der Waals surface area (Å²) in [5, 5.41) is 0.0357. The summed E-state index contributed by atoms with van der Waals surface area (Å²) in [5.74, 6) is -0.499. The first-order chi connectivity index (χ1) is 9.60. The number of benzene rings is 2. The van der Waals surface area contributed by atoms with Gasteiger partial charge in [-0.1, -0.05) is 41.9 Å². The monoisotopic (exact) mass is 291 g/mol. The highest BCUT2D eigenvalue weighted by Gasteiger charge is 2.09. The average Bonchev–Trinajstić information content (AvgIpc) is 2.44. The fourth-order valence-electron chi connectivity index (χ4n) is 1.96. The first kappa shape index (κ1) is 14.7. The molecule has 2 nitrogen and oxygen atoms in total. The van der Waals surface area contributed by atoms with Gasteiger partial charge in [-0.3, -0.25) is 4.79 Å². The second-order valence-electron chi connectivity index (χ2n) is 4.58. The van der Waals surface area contributed by atoms with Gasteiger partial charge in [-0.2, -0.15) is 0 Å². The van der Waals surface area contributed by atoms with Gasteiger partial charge >= 0.3 is 0 Å². The first-order valence-corrected chi connectivity index (χ1v) is 6.74. The Labute approximate surface area is 122 Å². The number of halogens is 2. The Morgan fingerprint density at radius 2 is 1.75 bits per heavy atom. The van der Waals surface area contributed by atoms with E-state index in [0.717, 1.165) is 12.0 Å². The molecule has 0 saturated heterocycles. The number of carbonyl (C=O) groups is 1. The van der Waals surface area contributed by atoms with Crippen molar-refractivity contribution in [3.05, 3.63) is 70.0 Å². The van der Waals surface area contributed by atoms with E-state index in [2.05, 4.69) is 0 Å².